The molecular weight excluding hydrogens is 441 g/mol. The number of benzene rings is 2. The lowest BCUT2D eigenvalue weighted by atomic mass is 10.0. The van der Waals surface area contributed by atoms with Crippen molar-refractivity contribution in [2.24, 2.45) is 5.92 Å². The molecule has 1 N–H and O–H groups in total. The average molecular weight is 478 g/mol. The lowest BCUT2D eigenvalue weighted by Gasteiger charge is -2.26. The van der Waals surface area contributed by atoms with Gasteiger partial charge < -0.3 is 9.84 Å². The second-order valence-electron chi connectivity index (χ2n) is 9.79. The molecule has 35 heavy (non-hydrogen) atoms. The van der Waals surface area contributed by atoms with Crippen LogP contribution in [-0.2, 0) is 6.54 Å². The maximum atomic E-state index is 14.0. The number of ether oxygens (including phenoxy) is 1. The first-order valence-corrected chi connectivity index (χ1v) is 12.6. The zero-order valence-electron chi connectivity index (χ0n) is 20.7. The van der Waals surface area contributed by atoms with Crippen molar-refractivity contribution >= 4 is 0 Å². The molecule has 3 aromatic rings. The topological polar surface area (TPSA) is 50.5 Å². The summed E-state index contributed by atoms with van der Waals surface area (Å²) < 4.78 is 22.2. The molecule has 0 aliphatic heterocycles. The average Bonchev–Trinajstić information content (AvgIpc) is 3.59. The second-order valence-corrected chi connectivity index (χ2v) is 9.79. The third-order valence-electron chi connectivity index (χ3n) is 6.29. The number of hydrogen-bond donors (Lipinski definition) is 1. The van der Waals surface area contributed by atoms with Gasteiger partial charge in [0.15, 0.2) is 0 Å². The van der Waals surface area contributed by atoms with Crippen LogP contribution in [0.3, 0.4) is 0 Å². The van der Waals surface area contributed by atoms with Gasteiger partial charge in [0.1, 0.15) is 11.6 Å². The van der Waals surface area contributed by atoms with Crippen LogP contribution in [-0.4, -0.2) is 39.0 Å². The zero-order chi connectivity index (χ0) is 24.8. The fourth-order valence-corrected chi connectivity index (χ4v) is 4.35. The summed E-state index contributed by atoms with van der Waals surface area (Å²) in [7, 11) is 0. The molecule has 1 aliphatic carbocycles. The van der Waals surface area contributed by atoms with E-state index >= 15 is 0 Å². The van der Waals surface area contributed by atoms with E-state index in [1.165, 1.54) is 25.0 Å². The summed E-state index contributed by atoms with van der Waals surface area (Å²) in [5.74, 6) is 1.50. The van der Waals surface area contributed by atoms with Crippen LogP contribution in [0.1, 0.15) is 56.7 Å². The van der Waals surface area contributed by atoms with Crippen molar-refractivity contribution in [1.82, 2.24) is 14.7 Å². The molecule has 6 heteroatoms. The normalized spacial score (nSPS) is 14.5. The number of rotatable bonds is 13. The third kappa shape index (κ3) is 6.80. The van der Waals surface area contributed by atoms with Crippen molar-refractivity contribution in [2.45, 2.75) is 58.1 Å². The number of aromatic nitrogens is 2. The summed E-state index contributed by atoms with van der Waals surface area (Å²) >= 11 is 0. The van der Waals surface area contributed by atoms with Crippen LogP contribution < -0.4 is 4.74 Å². The zero-order valence-corrected chi connectivity index (χ0v) is 20.7. The van der Waals surface area contributed by atoms with Gasteiger partial charge in [0.05, 0.1) is 23.0 Å². The predicted molar refractivity (Wildman–Crippen MR) is 138 cm³/mol. The van der Waals surface area contributed by atoms with Crippen molar-refractivity contribution in [1.29, 1.82) is 0 Å². The molecule has 0 bridgehead atoms. The third-order valence-corrected chi connectivity index (χ3v) is 6.29. The lowest BCUT2D eigenvalue weighted by Crippen LogP contribution is -2.34. The number of nitrogens with zero attached hydrogens (tertiary/aromatic N) is 3. The van der Waals surface area contributed by atoms with Crippen molar-refractivity contribution in [3.05, 3.63) is 84.3 Å². The van der Waals surface area contributed by atoms with E-state index in [-0.39, 0.29) is 11.7 Å². The van der Waals surface area contributed by atoms with Gasteiger partial charge in [-0.15, -0.1) is 6.58 Å². The Morgan fingerprint density at radius 3 is 2.63 bits per heavy atom. The largest absolute Gasteiger partial charge is 0.438 e. The van der Waals surface area contributed by atoms with Crippen molar-refractivity contribution in [3.8, 4) is 17.3 Å². The molecular formula is C29H36FN3O2. The van der Waals surface area contributed by atoms with E-state index in [2.05, 4.69) is 25.3 Å². The SMILES string of the molecule is C=CCC[C@@H](O)CN(Cc1c(C(C)C)nn(-c2ccccc2)c1Oc1cccc(F)c1)CC1CC1. The minimum absolute atomic E-state index is 0.165. The Morgan fingerprint density at radius 1 is 1.20 bits per heavy atom. The van der Waals surface area contributed by atoms with Crippen LogP contribution in [0.25, 0.3) is 5.69 Å². The molecule has 2 aromatic carbocycles. The van der Waals surface area contributed by atoms with Gasteiger partial charge in [-0.25, -0.2) is 9.07 Å². The van der Waals surface area contributed by atoms with Gasteiger partial charge in [0, 0.05) is 25.7 Å². The standard InChI is InChI=1S/C29H36FN3O2/c1-4-5-13-25(34)19-32(18-22-15-16-22)20-27-28(21(2)3)31-33(24-11-7-6-8-12-24)29(27)35-26-14-9-10-23(30)17-26/h4,6-12,14,17,21-22,25,34H,1,5,13,15-16,18-20H2,2-3H3/t25-/m1/s1. The predicted octanol–water partition coefficient (Wildman–Crippen LogP) is 6.47. The molecule has 1 atom stereocenters. The Bertz CT molecular complexity index is 1110. The molecule has 1 fully saturated rings. The van der Waals surface area contributed by atoms with E-state index in [4.69, 9.17) is 9.84 Å². The Balaban J connectivity index is 1.73. The molecule has 0 unspecified atom stereocenters. The highest BCUT2D eigenvalue weighted by Crippen LogP contribution is 2.36. The number of aliphatic hydroxyl groups excluding tert-OH is 1. The lowest BCUT2D eigenvalue weighted by molar-refractivity contribution is 0.0990. The Morgan fingerprint density at radius 2 is 1.97 bits per heavy atom. The molecule has 186 valence electrons. The highest BCUT2D eigenvalue weighted by molar-refractivity contribution is 5.44. The first kappa shape index (κ1) is 25.1. The summed E-state index contributed by atoms with van der Waals surface area (Å²) in [5, 5.41) is 15.6. The van der Waals surface area contributed by atoms with Crippen LogP contribution in [0.15, 0.2) is 67.3 Å². The van der Waals surface area contributed by atoms with Crippen LogP contribution in [0.5, 0.6) is 11.6 Å². The van der Waals surface area contributed by atoms with Gasteiger partial charge in [0.2, 0.25) is 5.88 Å². The Kier molecular flexibility index (Phi) is 8.37. The van der Waals surface area contributed by atoms with E-state index in [1.807, 2.05) is 41.1 Å². The summed E-state index contributed by atoms with van der Waals surface area (Å²) in [6, 6.07) is 16.1. The summed E-state index contributed by atoms with van der Waals surface area (Å²) in [5.41, 5.74) is 2.80. The van der Waals surface area contributed by atoms with Crippen LogP contribution >= 0.6 is 0 Å². The number of hydrogen-bond acceptors (Lipinski definition) is 4. The summed E-state index contributed by atoms with van der Waals surface area (Å²) in [6.45, 7) is 10.1. The van der Waals surface area contributed by atoms with Crippen molar-refractivity contribution in [2.75, 3.05) is 13.1 Å². The number of allylic oxidation sites excluding steroid dienone is 1. The van der Waals surface area contributed by atoms with Gasteiger partial charge >= 0.3 is 0 Å². The first-order valence-electron chi connectivity index (χ1n) is 12.6. The van der Waals surface area contributed by atoms with Gasteiger partial charge in [-0.3, -0.25) is 4.90 Å². The molecule has 0 saturated heterocycles. The van der Waals surface area contributed by atoms with Crippen LogP contribution in [0.4, 0.5) is 4.39 Å². The van der Waals surface area contributed by atoms with E-state index in [0.717, 1.165) is 29.9 Å². The van der Waals surface area contributed by atoms with Gasteiger partial charge in [0.25, 0.3) is 0 Å². The van der Waals surface area contributed by atoms with E-state index in [9.17, 15) is 9.50 Å². The van der Waals surface area contributed by atoms with E-state index in [0.29, 0.717) is 37.1 Å². The van der Waals surface area contributed by atoms with E-state index in [1.54, 1.807) is 12.1 Å². The Hall–Kier alpha value is -2.96. The van der Waals surface area contributed by atoms with Gasteiger partial charge in [-0.2, -0.15) is 5.10 Å². The quantitative estimate of drug-likeness (QED) is 0.287. The highest BCUT2D eigenvalue weighted by Gasteiger charge is 2.29. The molecule has 1 saturated carbocycles. The van der Waals surface area contributed by atoms with Crippen LogP contribution in [0, 0.1) is 11.7 Å². The maximum absolute atomic E-state index is 14.0. The molecule has 1 aliphatic rings. The summed E-state index contributed by atoms with van der Waals surface area (Å²) in [6.07, 6.45) is 5.36. The molecule has 4 rings (SSSR count). The smallest absolute Gasteiger partial charge is 0.227 e. The minimum Gasteiger partial charge on any atom is -0.438 e. The fraction of sp³-hybridized carbons (Fsp3) is 0.414. The highest BCUT2D eigenvalue weighted by atomic mass is 19.1. The molecule has 1 aromatic heterocycles. The van der Waals surface area contributed by atoms with Crippen LogP contribution in [0.2, 0.25) is 0 Å². The summed E-state index contributed by atoms with van der Waals surface area (Å²) in [4.78, 5) is 2.32. The minimum atomic E-state index is -0.425. The molecule has 0 radical (unpaired) electrons. The maximum Gasteiger partial charge on any atom is 0.227 e. The monoisotopic (exact) mass is 477 g/mol. The van der Waals surface area contributed by atoms with Crippen molar-refractivity contribution in [3.63, 3.8) is 0 Å². The number of para-hydroxylation sites is 1. The molecule has 1 heterocycles. The van der Waals surface area contributed by atoms with E-state index < -0.39 is 6.10 Å². The number of halogens is 1. The van der Waals surface area contributed by atoms with Gasteiger partial charge in [-0.1, -0.05) is 44.2 Å². The molecule has 0 amide bonds. The Labute approximate surface area is 207 Å². The molecule has 5 nitrogen and oxygen atoms in total. The first-order chi connectivity index (χ1) is 16.9. The van der Waals surface area contributed by atoms with Crippen molar-refractivity contribution < 1.29 is 14.2 Å². The number of aliphatic hydroxyl groups is 1. The molecule has 0 spiro atoms. The van der Waals surface area contributed by atoms with Gasteiger partial charge in [-0.05, 0) is 61.8 Å². The fourth-order valence-electron chi connectivity index (χ4n) is 4.35. The second kappa shape index (κ2) is 11.6.